The van der Waals surface area contributed by atoms with Gasteiger partial charge >= 0.3 is 0 Å². The summed E-state index contributed by atoms with van der Waals surface area (Å²) in [5.41, 5.74) is 6.54. The minimum Gasteiger partial charge on any atom is -0.370 e. The van der Waals surface area contributed by atoms with Crippen LogP contribution in [-0.2, 0) is 0 Å². The van der Waals surface area contributed by atoms with Crippen LogP contribution in [-0.4, -0.2) is 30.5 Å². The van der Waals surface area contributed by atoms with Gasteiger partial charge in [-0.25, -0.2) is 0 Å². The van der Waals surface area contributed by atoms with Gasteiger partial charge in [0.2, 0.25) is 0 Å². The number of hydrogen-bond donors (Lipinski definition) is 1. The Morgan fingerprint density at radius 1 is 1.27 bits per heavy atom. The minimum atomic E-state index is 0.528. The second-order valence-corrected chi connectivity index (χ2v) is 5.08. The van der Waals surface area contributed by atoms with Crippen molar-refractivity contribution in [2.24, 2.45) is 16.1 Å². The van der Waals surface area contributed by atoms with E-state index in [-0.39, 0.29) is 0 Å². The number of aliphatic imine (C=N–C) groups is 1. The number of hydrogen-bond acceptors (Lipinski definition) is 1. The number of guanidine groups is 1. The Hall–Kier alpha value is -0.730. The molecule has 15 heavy (non-hydrogen) atoms. The number of nitrogens with zero attached hydrogens (tertiary/aromatic N) is 2. The van der Waals surface area contributed by atoms with E-state index >= 15 is 0 Å². The molecule has 2 N–H and O–H groups in total. The predicted octanol–water partition coefficient (Wildman–Crippen LogP) is 1.98. The molecule has 1 aliphatic carbocycles. The summed E-state index contributed by atoms with van der Waals surface area (Å²) in [5, 5.41) is 0. The largest absolute Gasteiger partial charge is 0.370 e. The molecule has 1 aliphatic heterocycles. The first-order valence-corrected chi connectivity index (χ1v) is 6.31. The van der Waals surface area contributed by atoms with Crippen LogP contribution in [0.1, 0.15) is 45.4 Å². The molecule has 0 radical (unpaired) electrons. The Kier molecular flexibility index (Phi) is 3.17. The van der Waals surface area contributed by atoms with E-state index in [1.807, 2.05) is 0 Å². The molecule has 0 aromatic rings. The van der Waals surface area contributed by atoms with Crippen molar-refractivity contribution >= 4 is 5.96 Å². The molecule has 2 fully saturated rings. The van der Waals surface area contributed by atoms with E-state index in [0.717, 1.165) is 25.6 Å². The first-order valence-electron chi connectivity index (χ1n) is 6.31. The van der Waals surface area contributed by atoms with Gasteiger partial charge in [0.1, 0.15) is 0 Å². The SMILES string of the molecule is CCC1(CN=C(N)N2CCCCC2)CC1. The average Bonchev–Trinajstić information content (AvgIpc) is 3.08. The van der Waals surface area contributed by atoms with Crippen LogP contribution in [0.15, 0.2) is 4.99 Å². The summed E-state index contributed by atoms with van der Waals surface area (Å²) in [6.45, 7) is 5.42. The fourth-order valence-corrected chi connectivity index (χ4v) is 2.27. The molecular weight excluding hydrogens is 186 g/mol. The van der Waals surface area contributed by atoms with Gasteiger partial charge in [-0.05, 0) is 43.9 Å². The fourth-order valence-electron chi connectivity index (χ4n) is 2.27. The van der Waals surface area contributed by atoms with Gasteiger partial charge in [-0.3, -0.25) is 4.99 Å². The molecule has 0 unspecified atom stereocenters. The molecule has 0 aromatic heterocycles. The lowest BCUT2D eigenvalue weighted by atomic mass is 10.1. The Balaban J connectivity index is 1.83. The van der Waals surface area contributed by atoms with Crippen molar-refractivity contribution in [2.75, 3.05) is 19.6 Å². The zero-order valence-corrected chi connectivity index (χ0v) is 9.84. The van der Waals surface area contributed by atoms with Crippen LogP contribution in [0.4, 0.5) is 0 Å². The maximum absolute atomic E-state index is 6.01. The minimum absolute atomic E-state index is 0.528. The normalized spacial score (nSPS) is 25.4. The molecule has 1 heterocycles. The molecule has 0 spiro atoms. The van der Waals surface area contributed by atoms with Gasteiger partial charge in [-0.1, -0.05) is 6.92 Å². The van der Waals surface area contributed by atoms with E-state index in [4.69, 9.17) is 5.73 Å². The van der Waals surface area contributed by atoms with Crippen LogP contribution < -0.4 is 5.73 Å². The molecule has 0 aromatic carbocycles. The van der Waals surface area contributed by atoms with Crippen LogP contribution in [0, 0.1) is 5.41 Å². The number of rotatable bonds is 3. The van der Waals surface area contributed by atoms with Crippen LogP contribution in [0.25, 0.3) is 0 Å². The molecule has 2 rings (SSSR count). The summed E-state index contributed by atoms with van der Waals surface area (Å²) >= 11 is 0. The van der Waals surface area contributed by atoms with E-state index in [2.05, 4.69) is 16.8 Å². The third-order valence-corrected chi connectivity index (χ3v) is 3.96. The molecule has 3 nitrogen and oxygen atoms in total. The molecule has 1 saturated carbocycles. The second kappa shape index (κ2) is 4.42. The Morgan fingerprint density at radius 3 is 2.47 bits per heavy atom. The molecule has 3 heteroatoms. The van der Waals surface area contributed by atoms with Gasteiger partial charge in [-0.2, -0.15) is 0 Å². The molecule has 86 valence electrons. The van der Waals surface area contributed by atoms with Gasteiger partial charge in [0.05, 0.1) is 0 Å². The van der Waals surface area contributed by atoms with Crippen molar-refractivity contribution in [2.45, 2.75) is 45.4 Å². The lowest BCUT2D eigenvalue weighted by Gasteiger charge is -2.27. The maximum Gasteiger partial charge on any atom is 0.191 e. The van der Waals surface area contributed by atoms with Crippen LogP contribution in [0.3, 0.4) is 0 Å². The lowest BCUT2D eigenvalue weighted by molar-refractivity contribution is 0.336. The van der Waals surface area contributed by atoms with E-state index < -0.39 is 0 Å². The summed E-state index contributed by atoms with van der Waals surface area (Å²) in [6.07, 6.45) is 7.84. The van der Waals surface area contributed by atoms with Gasteiger partial charge in [0.15, 0.2) is 5.96 Å². The highest BCUT2D eigenvalue weighted by Gasteiger charge is 2.40. The Labute approximate surface area is 92.7 Å². The predicted molar refractivity (Wildman–Crippen MR) is 63.9 cm³/mol. The van der Waals surface area contributed by atoms with Crippen LogP contribution in [0.2, 0.25) is 0 Å². The van der Waals surface area contributed by atoms with Crippen LogP contribution in [0.5, 0.6) is 0 Å². The van der Waals surface area contributed by atoms with E-state index in [0.29, 0.717) is 5.41 Å². The molecule has 0 amide bonds. The van der Waals surface area contributed by atoms with E-state index in [1.165, 1.54) is 38.5 Å². The Morgan fingerprint density at radius 2 is 1.93 bits per heavy atom. The monoisotopic (exact) mass is 209 g/mol. The zero-order valence-electron chi connectivity index (χ0n) is 9.84. The molecular formula is C12H23N3. The molecule has 1 saturated heterocycles. The van der Waals surface area contributed by atoms with Crippen molar-refractivity contribution in [3.8, 4) is 0 Å². The van der Waals surface area contributed by atoms with Crippen molar-refractivity contribution in [1.82, 2.24) is 4.90 Å². The van der Waals surface area contributed by atoms with Gasteiger partial charge < -0.3 is 10.6 Å². The number of nitrogens with two attached hydrogens (primary N) is 1. The standard InChI is InChI=1S/C12H23N3/c1-2-12(6-7-12)10-14-11(13)15-8-4-3-5-9-15/h2-10H2,1H3,(H2,13,14). The first-order chi connectivity index (χ1) is 7.26. The smallest absolute Gasteiger partial charge is 0.191 e. The second-order valence-electron chi connectivity index (χ2n) is 5.08. The third-order valence-electron chi connectivity index (χ3n) is 3.96. The average molecular weight is 209 g/mol. The number of piperidine rings is 1. The van der Waals surface area contributed by atoms with E-state index in [9.17, 15) is 0 Å². The quantitative estimate of drug-likeness (QED) is 0.570. The highest BCUT2D eigenvalue weighted by atomic mass is 15.3. The van der Waals surface area contributed by atoms with Crippen molar-refractivity contribution < 1.29 is 0 Å². The zero-order chi connectivity index (χ0) is 10.7. The fraction of sp³-hybridized carbons (Fsp3) is 0.917. The summed E-state index contributed by atoms with van der Waals surface area (Å²) in [6, 6.07) is 0. The van der Waals surface area contributed by atoms with Crippen molar-refractivity contribution in [3.63, 3.8) is 0 Å². The maximum atomic E-state index is 6.01. The highest BCUT2D eigenvalue weighted by Crippen LogP contribution is 2.48. The van der Waals surface area contributed by atoms with E-state index in [1.54, 1.807) is 0 Å². The van der Waals surface area contributed by atoms with Crippen LogP contribution >= 0.6 is 0 Å². The van der Waals surface area contributed by atoms with Crippen molar-refractivity contribution in [1.29, 1.82) is 0 Å². The topological polar surface area (TPSA) is 41.6 Å². The first kappa shape index (κ1) is 10.8. The lowest BCUT2D eigenvalue weighted by Crippen LogP contribution is -2.41. The van der Waals surface area contributed by atoms with Gasteiger partial charge in [-0.15, -0.1) is 0 Å². The van der Waals surface area contributed by atoms with Gasteiger partial charge in [0.25, 0.3) is 0 Å². The summed E-state index contributed by atoms with van der Waals surface area (Å²) < 4.78 is 0. The summed E-state index contributed by atoms with van der Waals surface area (Å²) in [5.74, 6) is 0.787. The highest BCUT2D eigenvalue weighted by molar-refractivity contribution is 5.78. The Bertz CT molecular complexity index is 237. The number of likely N-dealkylation sites (tertiary alicyclic amines) is 1. The summed E-state index contributed by atoms with van der Waals surface area (Å²) in [7, 11) is 0. The molecule has 0 bridgehead atoms. The van der Waals surface area contributed by atoms with Crippen molar-refractivity contribution in [3.05, 3.63) is 0 Å². The van der Waals surface area contributed by atoms with Gasteiger partial charge in [0, 0.05) is 19.6 Å². The summed E-state index contributed by atoms with van der Waals surface area (Å²) in [4.78, 5) is 6.82. The molecule has 2 aliphatic rings. The molecule has 0 atom stereocenters. The third kappa shape index (κ3) is 2.64.